The Morgan fingerprint density at radius 3 is 2.62 bits per heavy atom. The second-order valence-corrected chi connectivity index (χ2v) is 6.05. The molecule has 0 aliphatic carbocycles. The van der Waals surface area contributed by atoms with E-state index in [9.17, 15) is 14.7 Å². The molecule has 6 nitrogen and oxygen atoms in total. The highest BCUT2D eigenvalue weighted by molar-refractivity contribution is 5.82. The van der Waals surface area contributed by atoms with Crippen LogP contribution in [0.1, 0.15) is 17.5 Å². The van der Waals surface area contributed by atoms with E-state index in [1.165, 1.54) is 6.07 Å². The summed E-state index contributed by atoms with van der Waals surface area (Å²) in [4.78, 5) is 23.7. The molecule has 2 aromatic rings. The largest absolute Gasteiger partial charge is 0.392 e. The Bertz CT molecular complexity index is 755. The van der Waals surface area contributed by atoms with Crippen LogP contribution >= 0.6 is 0 Å². The maximum absolute atomic E-state index is 12.0. The van der Waals surface area contributed by atoms with E-state index in [1.807, 2.05) is 30.3 Å². The molecule has 2 atom stereocenters. The topological polar surface area (TPSA) is 83.4 Å². The third-order valence-corrected chi connectivity index (χ3v) is 4.17. The number of benzene rings is 1. The Labute approximate surface area is 140 Å². The summed E-state index contributed by atoms with van der Waals surface area (Å²) in [5.74, 6) is -0.0912. The average molecular weight is 327 g/mol. The van der Waals surface area contributed by atoms with Gasteiger partial charge in [0.1, 0.15) is 0 Å². The smallest absolute Gasteiger partial charge is 0.250 e. The van der Waals surface area contributed by atoms with E-state index < -0.39 is 6.10 Å². The summed E-state index contributed by atoms with van der Waals surface area (Å²) in [7, 11) is 0. The molecule has 1 fully saturated rings. The normalized spacial score (nSPS) is 20.0. The quantitative estimate of drug-likeness (QED) is 0.734. The van der Waals surface area contributed by atoms with Crippen molar-refractivity contribution in [2.24, 2.45) is 0 Å². The van der Waals surface area contributed by atoms with Crippen molar-refractivity contribution < 1.29 is 9.90 Å². The monoisotopic (exact) mass is 327 g/mol. The number of aliphatic hydroxyl groups is 1. The van der Waals surface area contributed by atoms with E-state index in [0.29, 0.717) is 26.1 Å². The highest BCUT2D eigenvalue weighted by Crippen LogP contribution is 2.08. The highest BCUT2D eigenvalue weighted by atomic mass is 16.3. The molecule has 126 valence electrons. The summed E-state index contributed by atoms with van der Waals surface area (Å²) in [6, 6.07) is 12.6. The zero-order chi connectivity index (χ0) is 16.9. The van der Waals surface area contributed by atoms with Crippen LogP contribution in [0.5, 0.6) is 0 Å². The third kappa shape index (κ3) is 4.10. The Balaban J connectivity index is 1.54. The maximum Gasteiger partial charge on any atom is 0.250 e. The number of amides is 1. The van der Waals surface area contributed by atoms with Gasteiger partial charge in [0.2, 0.25) is 5.91 Å². The summed E-state index contributed by atoms with van der Waals surface area (Å²) < 4.78 is 1.65. The molecule has 2 unspecified atom stereocenters. The molecule has 1 aliphatic heterocycles. The van der Waals surface area contributed by atoms with Gasteiger partial charge in [-0.05, 0) is 23.6 Å². The first-order valence-corrected chi connectivity index (χ1v) is 8.04. The molecule has 3 rings (SSSR count). The first kappa shape index (κ1) is 16.4. The number of carbonyl (C=O) groups is 1. The van der Waals surface area contributed by atoms with E-state index in [2.05, 4.69) is 10.6 Å². The van der Waals surface area contributed by atoms with Crippen LogP contribution in [-0.4, -0.2) is 34.3 Å². The minimum atomic E-state index is -0.443. The molecule has 1 aromatic carbocycles. The van der Waals surface area contributed by atoms with E-state index in [1.54, 1.807) is 16.8 Å². The van der Waals surface area contributed by atoms with Gasteiger partial charge < -0.3 is 20.3 Å². The fourth-order valence-corrected chi connectivity index (χ4v) is 2.78. The van der Waals surface area contributed by atoms with E-state index >= 15 is 0 Å². The van der Waals surface area contributed by atoms with Crippen LogP contribution in [-0.2, 0) is 17.9 Å². The van der Waals surface area contributed by atoms with Gasteiger partial charge in [-0.1, -0.05) is 30.3 Å². The van der Waals surface area contributed by atoms with Crippen molar-refractivity contribution in [3.63, 3.8) is 0 Å². The van der Waals surface area contributed by atoms with Crippen molar-refractivity contribution >= 4 is 5.91 Å². The van der Waals surface area contributed by atoms with Gasteiger partial charge in [0.25, 0.3) is 5.56 Å². The van der Waals surface area contributed by atoms with Crippen molar-refractivity contribution in [3.05, 3.63) is 70.1 Å². The molecule has 0 bridgehead atoms. The predicted octanol–water partition coefficient (Wildman–Crippen LogP) is 0.236. The number of hydrogen-bond acceptors (Lipinski definition) is 4. The third-order valence-electron chi connectivity index (χ3n) is 4.17. The number of nitrogens with zero attached hydrogens (tertiary/aromatic N) is 1. The van der Waals surface area contributed by atoms with Crippen LogP contribution in [0.15, 0.2) is 53.5 Å². The molecule has 0 spiro atoms. The lowest BCUT2D eigenvalue weighted by molar-refractivity contribution is -0.123. The first-order valence-electron chi connectivity index (χ1n) is 8.04. The zero-order valence-corrected chi connectivity index (χ0v) is 13.3. The second-order valence-electron chi connectivity index (χ2n) is 6.05. The van der Waals surface area contributed by atoms with Gasteiger partial charge in [-0.3, -0.25) is 9.59 Å². The number of hydrogen-bond donors (Lipinski definition) is 3. The van der Waals surface area contributed by atoms with Gasteiger partial charge in [-0.25, -0.2) is 0 Å². The van der Waals surface area contributed by atoms with E-state index in [0.717, 1.165) is 11.1 Å². The number of pyridine rings is 1. The Kier molecular flexibility index (Phi) is 5.08. The predicted molar refractivity (Wildman–Crippen MR) is 90.5 cm³/mol. The summed E-state index contributed by atoms with van der Waals surface area (Å²) in [6.07, 6.45) is 1.78. The fraction of sp³-hybridized carbons (Fsp3) is 0.333. The molecule has 3 N–H and O–H groups in total. The number of rotatable bonds is 5. The lowest BCUT2D eigenvalue weighted by Gasteiger charge is -2.11. The van der Waals surface area contributed by atoms with Crippen molar-refractivity contribution in [1.29, 1.82) is 0 Å². The van der Waals surface area contributed by atoms with Crippen LogP contribution in [0.2, 0.25) is 0 Å². The van der Waals surface area contributed by atoms with Crippen LogP contribution in [0.3, 0.4) is 0 Å². The van der Waals surface area contributed by atoms with Gasteiger partial charge in [0.15, 0.2) is 0 Å². The molecule has 1 amide bonds. The number of carbonyl (C=O) groups excluding carboxylic acids is 1. The van der Waals surface area contributed by atoms with Crippen molar-refractivity contribution in [2.75, 3.05) is 6.54 Å². The molecule has 1 aromatic heterocycles. The first-order chi connectivity index (χ1) is 11.6. The van der Waals surface area contributed by atoms with Gasteiger partial charge in [-0.15, -0.1) is 0 Å². The molecular weight excluding hydrogens is 306 g/mol. The molecule has 0 saturated carbocycles. The Hall–Kier alpha value is -2.44. The van der Waals surface area contributed by atoms with Crippen LogP contribution in [0.25, 0.3) is 0 Å². The summed E-state index contributed by atoms with van der Waals surface area (Å²) >= 11 is 0. The lowest BCUT2D eigenvalue weighted by atomic mass is 10.1. The molecule has 1 saturated heterocycles. The summed E-state index contributed by atoms with van der Waals surface area (Å²) in [6.45, 7) is 1.43. The number of aliphatic hydroxyl groups excluding tert-OH is 1. The van der Waals surface area contributed by atoms with Crippen molar-refractivity contribution in [3.8, 4) is 0 Å². The number of nitrogens with one attached hydrogen (secondary N) is 2. The van der Waals surface area contributed by atoms with Gasteiger partial charge in [-0.2, -0.15) is 0 Å². The summed E-state index contributed by atoms with van der Waals surface area (Å²) in [5, 5.41) is 15.3. The zero-order valence-electron chi connectivity index (χ0n) is 13.3. The maximum atomic E-state index is 12.0. The number of β-amino-alcohol motifs (C(OH)–C–C–N with tert-alkyl or cyclic N) is 1. The van der Waals surface area contributed by atoms with Gasteiger partial charge in [0, 0.05) is 25.4 Å². The average Bonchev–Trinajstić information content (AvgIpc) is 3.03. The van der Waals surface area contributed by atoms with E-state index in [-0.39, 0.29) is 17.5 Å². The molecular formula is C18H21N3O3. The minimum Gasteiger partial charge on any atom is -0.392 e. The molecule has 1 aliphatic rings. The Morgan fingerprint density at radius 2 is 1.96 bits per heavy atom. The molecule has 0 radical (unpaired) electrons. The van der Waals surface area contributed by atoms with Crippen LogP contribution < -0.4 is 16.2 Å². The SMILES string of the molecule is O=C(NCc1ccc(Cn2ccccc2=O)cc1)C1CC(O)CN1. The fourth-order valence-electron chi connectivity index (χ4n) is 2.78. The minimum absolute atomic E-state index is 0.0277. The number of aromatic nitrogens is 1. The second kappa shape index (κ2) is 7.42. The van der Waals surface area contributed by atoms with Crippen molar-refractivity contribution in [1.82, 2.24) is 15.2 Å². The standard InChI is InChI=1S/C18H21N3O3/c22-15-9-16(19-11-15)18(24)20-10-13-4-6-14(7-5-13)12-21-8-2-1-3-17(21)23/h1-8,15-16,19,22H,9-12H2,(H,20,24). The van der Waals surface area contributed by atoms with Crippen LogP contribution in [0.4, 0.5) is 0 Å². The van der Waals surface area contributed by atoms with Crippen LogP contribution in [0, 0.1) is 0 Å². The van der Waals surface area contributed by atoms with Gasteiger partial charge in [0.05, 0.1) is 18.7 Å². The molecule has 6 heteroatoms. The van der Waals surface area contributed by atoms with E-state index in [4.69, 9.17) is 0 Å². The molecule has 2 heterocycles. The van der Waals surface area contributed by atoms with Crippen molar-refractivity contribution in [2.45, 2.75) is 31.7 Å². The highest BCUT2D eigenvalue weighted by Gasteiger charge is 2.27. The molecule has 24 heavy (non-hydrogen) atoms. The summed E-state index contributed by atoms with van der Waals surface area (Å²) in [5.41, 5.74) is 1.99. The Morgan fingerprint density at radius 1 is 1.21 bits per heavy atom. The lowest BCUT2D eigenvalue weighted by Crippen LogP contribution is -2.39. The van der Waals surface area contributed by atoms with Gasteiger partial charge >= 0.3 is 0 Å².